The summed E-state index contributed by atoms with van der Waals surface area (Å²) < 4.78 is 0. The number of piperidine rings is 1. The van der Waals surface area contributed by atoms with E-state index in [-0.39, 0.29) is 0 Å². The van der Waals surface area contributed by atoms with E-state index < -0.39 is 0 Å². The van der Waals surface area contributed by atoms with Gasteiger partial charge >= 0.3 is 0 Å². The van der Waals surface area contributed by atoms with Gasteiger partial charge in [0.1, 0.15) is 0 Å². The van der Waals surface area contributed by atoms with Crippen molar-refractivity contribution >= 4 is 5.69 Å². The molecule has 0 bridgehead atoms. The maximum Gasteiger partial charge on any atom is 0.0370 e. The van der Waals surface area contributed by atoms with Crippen LogP contribution in [0.1, 0.15) is 38.2 Å². The normalized spacial score (nSPS) is 24.4. The average molecular weight is 260 g/mol. The molecule has 1 aliphatic rings. The quantitative estimate of drug-likeness (QED) is 0.866. The number of aryl methyl sites for hydroxylation is 1. The molecule has 2 rings (SSSR count). The van der Waals surface area contributed by atoms with Crippen molar-refractivity contribution in [2.75, 3.05) is 26.0 Å². The number of anilines is 1. The van der Waals surface area contributed by atoms with Crippen LogP contribution < -0.4 is 5.32 Å². The third-order valence-corrected chi connectivity index (χ3v) is 4.69. The second-order valence-electron chi connectivity index (χ2n) is 5.89. The molecular formula is C17H28N2. The molecular weight excluding hydrogens is 232 g/mol. The summed E-state index contributed by atoms with van der Waals surface area (Å²) in [5, 5.41) is 3.30. The second kappa shape index (κ2) is 6.95. The van der Waals surface area contributed by atoms with Crippen molar-refractivity contribution in [1.82, 2.24) is 4.90 Å². The molecule has 1 aliphatic heterocycles. The highest BCUT2D eigenvalue weighted by atomic mass is 15.1. The van der Waals surface area contributed by atoms with Crippen molar-refractivity contribution < 1.29 is 0 Å². The van der Waals surface area contributed by atoms with Crippen LogP contribution >= 0.6 is 0 Å². The summed E-state index contributed by atoms with van der Waals surface area (Å²) in [6.45, 7) is 3.61. The van der Waals surface area contributed by atoms with Gasteiger partial charge in [-0.05, 0) is 50.3 Å². The molecule has 19 heavy (non-hydrogen) atoms. The number of likely N-dealkylation sites (tertiary alicyclic amines) is 1. The van der Waals surface area contributed by atoms with Crippen LogP contribution in [0.25, 0.3) is 0 Å². The third-order valence-electron chi connectivity index (χ3n) is 4.69. The standard InChI is InChI=1S/C17H28N2/c1-4-14-9-11-16(19(3)13-14)12-10-15-7-5-6-8-17(15)18-2/h5-8,14,16,18H,4,9-13H2,1-3H3. The number of benzene rings is 1. The van der Waals surface area contributed by atoms with Gasteiger partial charge in [-0.1, -0.05) is 31.5 Å². The zero-order valence-electron chi connectivity index (χ0n) is 12.7. The van der Waals surface area contributed by atoms with Crippen molar-refractivity contribution in [3.8, 4) is 0 Å². The zero-order chi connectivity index (χ0) is 13.7. The second-order valence-corrected chi connectivity index (χ2v) is 5.89. The molecule has 1 saturated heterocycles. The highest BCUT2D eigenvalue weighted by molar-refractivity contribution is 5.50. The van der Waals surface area contributed by atoms with E-state index in [1.54, 1.807) is 0 Å². The molecule has 1 fully saturated rings. The molecule has 1 heterocycles. The largest absolute Gasteiger partial charge is 0.388 e. The molecule has 106 valence electrons. The fraction of sp³-hybridized carbons (Fsp3) is 0.647. The Morgan fingerprint density at radius 1 is 1.26 bits per heavy atom. The molecule has 0 saturated carbocycles. The smallest absolute Gasteiger partial charge is 0.0370 e. The van der Waals surface area contributed by atoms with Crippen molar-refractivity contribution in [1.29, 1.82) is 0 Å². The maximum absolute atomic E-state index is 3.30. The SMILES string of the molecule is CCC1CCC(CCc2ccccc2NC)N(C)C1. The van der Waals surface area contributed by atoms with Gasteiger partial charge < -0.3 is 10.2 Å². The first-order valence-corrected chi connectivity index (χ1v) is 7.70. The lowest BCUT2D eigenvalue weighted by molar-refractivity contribution is 0.129. The van der Waals surface area contributed by atoms with Gasteiger partial charge in [-0.15, -0.1) is 0 Å². The van der Waals surface area contributed by atoms with Crippen molar-refractivity contribution in [2.45, 2.75) is 45.1 Å². The summed E-state index contributed by atoms with van der Waals surface area (Å²) in [6, 6.07) is 9.45. The minimum absolute atomic E-state index is 0.771. The molecule has 1 aromatic rings. The predicted octanol–water partition coefficient (Wildman–Crippen LogP) is 3.78. The van der Waals surface area contributed by atoms with E-state index in [1.807, 2.05) is 7.05 Å². The van der Waals surface area contributed by atoms with Crippen LogP contribution in [0.3, 0.4) is 0 Å². The zero-order valence-corrected chi connectivity index (χ0v) is 12.7. The van der Waals surface area contributed by atoms with Crippen molar-refractivity contribution in [3.05, 3.63) is 29.8 Å². The Bertz CT molecular complexity index is 389. The van der Waals surface area contributed by atoms with Crippen LogP contribution in [0.5, 0.6) is 0 Å². The van der Waals surface area contributed by atoms with E-state index in [1.165, 1.54) is 49.9 Å². The fourth-order valence-electron chi connectivity index (χ4n) is 3.30. The number of hydrogen-bond donors (Lipinski definition) is 1. The molecule has 1 aromatic carbocycles. The van der Waals surface area contributed by atoms with E-state index in [9.17, 15) is 0 Å². The predicted molar refractivity (Wildman–Crippen MR) is 83.7 cm³/mol. The van der Waals surface area contributed by atoms with Gasteiger partial charge in [0.15, 0.2) is 0 Å². The summed E-state index contributed by atoms with van der Waals surface area (Å²) in [5.74, 6) is 0.922. The first kappa shape index (κ1) is 14.4. The molecule has 2 nitrogen and oxygen atoms in total. The molecule has 2 atom stereocenters. The Kier molecular flexibility index (Phi) is 5.26. The Morgan fingerprint density at radius 2 is 2.05 bits per heavy atom. The van der Waals surface area contributed by atoms with E-state index in [0.717, 1.165) is 12.0 Å². The van der Waals surface area contributed by atoms with Gasteiger partial charge in [-0.25, -0.2) is 0 Å². The lowest BCUT2D eigenvalue weighted by Gasteiger charge is -2.37. The molecule has 2 unspecified atom stereocenters. The van der Waals surface area contributed by atoms with Crippen molar-refractivity contribution in [2.24, 2.45) is 5.92 Å². The third kappa shape index (κ3) is 3.73. The molecule has 2 heteroatoms. The van der Waals surface area contributed by atoms with E-state index in [2.05, 4.69) is 48.5 Å². The van der Waals surface area contributed by atoms with E-state index >= 15 is 0 Å². The average Bonchev–Trinajstić information content (AvgIpc) is 2.46. The van der Waals surface area contributed by atoms with Crippen molar-refractivity contribution in [3.63, 3.8) is 0 Å². The minimum atomic E-state index is 0.771. The molecule has 0 spiro atoms. The molecule has 0 radical (unpaired) electrons. The van der Waals surface area contributed by atoms with Crippen LogP contribution in [-0.4, -0.2) is 31.6 Å². The van der Waals surface area contributed by atoms with E-state index in [4.69, 9.17) is 0 Å². The van der Waals surface area contributed by atoms with Crippen LogP contribution in [0.4, 0.5) is 5.69 Å². The van der Waals surface area contributed by atoms with Crippen LogP contribution in [0.2, 0.25) is 0 Å². The van der Waals surface area contributed by atoms with Crippen LogP contribution in [0.15, 0.2) is 24.3 Å². The number of nitrogens with one attached hydrogen (secondary N) is 1. The summed E-state index contributed by atoms with van der Waals surface area (Å²) in [4.78, 5) is 2.58. The van der Waals surface area contributed by atoms with Gasteiger partial charge in [0.25, 0.3) is 0 Å². The Hall–Kier alpha value is -1.02. The minimum Gasteiger partial charge on any atom is -0.388 e. The number of para-hydroxylation sites is 1. The highest BCUT2D eigenvalue weighted by Crippen LogP contribution is 2.26. The Balaban J connectivity index is 1.88. The van der Waals surface area contributed by atoms with Crippen LogP contribution in [0, 0.1) is 5.92 Å². The molecule has 0 aliphatic carbocycles. The Labute approximate surface area is 118 Å². The number of rotatable bonds is 5. The number of nitrogens with zero attached hydrogens (tertiary/aromatic N) is 1. The first-order valence-electron chi connectivity index (χ1n) is 7.70. The lowest BCUT2D eigenvalue weighted by Crippen LogP contribution is -2.40. The topological polar surface area (TPSA) is 15.3 Å². The van der Waals surface area contributed by atoms with Gasteiger partial charge in [0.2, 0.25) is 0 Å². The maximum atomic E-state index is 3.30. The first-order chi connectivity index (χ1) is 9.24. The summed E-state index contributed by atoms with van der Waals surface area (Å²) in [7, 11) is 4.31. The Morgan fingerprint density at radius 3 is 2.74 bits per heavy atom. The monoisotopic (exact) mass is 260 g/mol. The summed E-state index contributed by atoms with van der Waals surface area (Å²) in [6.07, 6.45) is 6.59. The number of hydrogen-bond acceptors (Lipinski definition) is 2. The van der Waals surface area contributed by atoms with Gasteiger partial charge in [-0.3, -0.25) is 0 Å². The summed E-state index contributed by atoms with van der Waals surface area (Å²) >= 11 is 0. The molecule has 0 amide bonds. The summed E-state index contributed by atoms with van der Waals surface area (Å²) in [5.41, 5.74) is 2.74. The fourth-order valence-corrected chi connectivity index (χ4v) is 3.30. The molecule has 1 N–H and O–H groups in total. The van der Waals surface area contributed by atoms with Gasteiger partial charge in [0, 0.05) is 25.3 Å². The highest BCUT2D eigenvalue weighted by Gasteiger charge is 2.24. The van der Waals surface area contributed by atoms with Crippen LogP contribution in [-0.2, 0) is 6.42 Å². The molecule has 0 aromatic heterocycles. The van der Waals surface area contributed by atoms with Gasteiger partial charge in [-0.2, -0.15) is 0 Å². The lowest BCUT2D eigenvalue weighted by atomic mass is 9.88. The van der Waals surface area contributed by atoms with E-state index in [0.29, 0.717) is 0 Å². The van der Waals surface area contributed by atoms with Gasteiger partial charge in [0.05, 0.1) is 0 Å².